The minimum atomic E-state index is 0. The first kappa shape index (κ1) is 13.9. The van der Waals surface area contributed by atoms with Crippen LogP contribution in [0.4, 0.5) is 5.69 Å². The zero-order chi connectivity index (χ0) is 12.4. The van der Waals surface area contributed by atoms with E-state index in [0.29, 0.717) is 17.5 Å². The van der Waals surface area contributed by atoms with Crippen molar-refractivity contribution in [3.05, 3.63) is 30.1 Å². The number of nitrogens with zero attached hydrogens (tertiary/aromatic N) is 2. The number of benzene rings is 1. The minimum Gasteiger partial charge on any atom is -0.399 e. The molecular formula is C14H18ClN3O. The Balaban J connectivity index is 0.00000133. The van der Waals surface area contributed by atoms with E-state index in [2.05, 4.69) is 10.1 Å². The van der Waals surface area contributed by atoms with Crippen molar-refractivity contribution in [2.75, 3.05) is 5.73 Å². The third kappa shape index (κ3) is 3.07. The van der Waals surface area contributed by atoms with Crippen molar-refractivity contribution >= 4 is 18.1 Å². The van der Waals surface area contributed by atoms with Gasteiger partial charge in [0.25, 0.3) is 5.89 Å². The van der Waals surface area contributed by atoms with Gasteiger partial charge in [-0.25, -0.2) is 0 Å². The first-order valence-corrected chi connectivity index (χ1v) is 6.52. The Labute approximate surface area is 118 Å². The SMILES string of the molecule is Cl.Nc1cccc(-c2nc(C3CCCCC3)no2)c1. The van der Waals surface area contributed by atoms with Gasteiger partial charge in [-0.2, -0.15) is 4.98 Å². The second-order valence-corrected chi connectivity index (χ2v) is 4.92. The Bertz CT molecular complexity index is 535. The van der Waals surface area contributed by atoms with E-state index in [1.54, 1.807) is 0 Å². The molecule has 0 saturated heterocycles. The highest BCUT2D eigenvalue weighted by Crippen LogP contribution is 2.32. The maximum atomic E-state index is 5.76. The first-order valence-electron chi connectivity index (χ1n) is 6.52. The van der Waals surface area contributed by atoms with Gasteiger partial charge < -0.3 is 10.3 Å². The van der Waals surface area contributed by atoms with Crippen molar-refractivity contribution in [1.29, 1.82) is 0 Å². The van der Waals surface area contributed by atoms with Gasteiger partial charge in [0.15, 0.2) is 5.82 Å². The molecule has 5 heteroatoms. The lowest BCUT2D eigenvalue weighted by Crippen LogP contribution is -2.06. The van der Waals surface area contributed by atoms with Crippen LogP contribution in [0.1, 0.15) is 43.8 Å². The van der Waals surface area contributed by atoms with Gasteiger partial charge in [-0.05, 0) is 31.0 Å². The number of hydrogen-bond acceptors (Lipinski definition) is 4. The van der Waals surface area contributed by atoms with Crippen LogP contribution in [0, 0.1) is 0 Å². The van der Waals surface area contributed by atoms with E-state index in [1.165, 1.54) is 32.1 Å². The zero-order valence-electron chi connectivity index (χ0n) is 10.7. The van der Waals surface area contributed by atoms with Crippen LogP contribution in [0.15, 0.2) is 28.8 Å². The number of anilines is 1. The molecule has 3 rings (SSSR count). The molecule has 0 aliphatic heterocycles. The fourth-order valence-electron chi connectivity index (χ4n) is 2.55. The van der Waals surface area contributed by atoms with Gasteiger partial charge in [-0.1, -0.05) is 30.5 Å². The molecule has 4 nitrogen and oxygen atoms in total. The fourth-order valence-corrected chi connectivity index (χ4v) is 2.55. The molecule has 0 amide bonds. The summed E-state index contributed by atoms with van der Waals surface area (Å²) in [5, 5.41) is 4.12. The molecule has 2 N–H and O–H groups in total. The summed E-state index contributed by atoms with van der Waals surface area (Å²) < 4.78 is 5.34. The standard InChI is InChI=1S/C14H17N3O.ClH/c15-12-8-4-7-11(9-12)14-16-13(17-18-14)10-5-2-1-3-6-10;/h4,7-10H,1-3,5-6,15H2;1H. The van der Waals surface area contributed by atoms with Gasteiger partial charge in [0.1, 0.15) is 0 Å². The Kier molecular flexibility index (Phi) is 4.43. The summed E-state index contributed by atoms with van der Waals surface area (Å²) in [4.78, 5) is 4.51. The normalized spacial score (nSPS) is 16.0. The first-order chi connectivity index (χ1) is 8.83. The van der Waals surface area contributed by atoms with Crippen LogP contribution in [-0.4, -0.2) is 10.1 Å². The summed E-state index contributed by atoms with van der Waals surface area (Å²) in [6.45, 7) is 0. The van der Waals surface area contributed by atoms with Crippen LogP contribution in [0.25, 0.3) is 11.5 Å². The zero-order valence-corrected chi connectivity index (χ0v) is 11.5. The van der Waals surface area contributed by atoms with Crippen molar-refractivity contribution < 1.29 is 4.52 Å². The summed E-state index contributed by atoms with van der Waals surface area (Å²) in [5.41, 5.74) is 7.36. The summed E-state index contributed by atoms with van der Waals surface area (Å²) in [6.07, 6.45) is 6.22. The Morgan fingerprint density at radius 3 is 2.68 bits per heavy atom. The van der Waals surface area contributed by atoms with Gasteiger partial charge in [0.05, 0.1) is 0 Å². The molecule has 0 unspecified atom stereocenters. The molecule has 102 valence electrons. The third-order valence-electron chi connectivity index (χ3n) is 3.55. The monoisotopic (exact) mass is 279 g/mol. The Morgan fingerprint density at radius 1 is 1.16 bits per heavy atom. The molecule has 0 bridgehead atoms. The van der Waals surface area contributed by atoms with E-state index in [1.807, 2.05) is 24.3 Å². The van der Waals surface area contributed by atoms with Crippen molar-refractivity contribution in [1.82, 2.24) is 10.1 Å². The molecule has 0 spiro atoms. The summed E-state index contributed by atoms with van der Waals surface area (Å²) >= 11 is 0. The highest BCUT2D eigenvalue weighted by molar-refractivity contribution is 5.85. The van der Waals surface area contributed by atoms with Crippen LogP contribution in [-0.2, 0) is 0 Å². The topological polar surface area (TPSA) is 64.9 Å². The van der Waals surface area contributed by atoms with Crippen molar-refractivity contribution in [3.63, 3.8) is 0 Å². The molecule has 1 fully saturated rings. The maximum absolute atomic E-state index is 5.76. The van der Waals surface area contributed by atoms with E-state index < -0.39 is 0 Å². The largest absolute Gasteiger partial charge is 0.399 e. The number of rotatable bonds is 2. The summed E-state index contributed by atoms with van der Waals surface area (Å²) in [5.74, 6) is 1.90. The molecule has 1 aliphatic carbocycles. The van der Waals surface area contributed by atoms with Gasteiger partial charge in [-0.15, -0.1) is 12.4 Å². The van der Waals surface area contributed by atoms with Crippen LogP contribution in [0.3, 0.4) is 0 Å². The highest BCUT2D eigenvalue weighted by Gasteiger charge is 2.21. The van der Waals surface area contributed by atoms with Crippen LogP contribution >= 0.6 is 12.4 Å². The van der Waals surface area contributed by atoms with Gasteiger partial charge in [-0.3, -0.25) is 0 Å². The Morgan fingerprint density at radius 2 is 1.95 bits per heavy atom. The van der Waals surface area contributed by atoms with Crippen LogP contribution in [0.2, 0.25) is 0 Å². The van der Waals surface area contributed by atoms with Crippen molar-refractivity contribution in [3.8, 4) is 11.5 Å². The summed E-state index contributed by atoms with van der Waals surface area (Å²) in [6, 6.07) is 7.55. The molecule has 2 aromatic rings. The third-order valence-corrected chi connectivity index (χ3v) is 3.55. The smallest absolute Gasteiger partial charge is 0.258 e. The lowest BCUT2D eigenvalue weighted by Gasteiger charge is -2.17. The van der Waals surface area contributed by atoms with E-state index in [0.717, 1.165) is 11.4 Å². The number of nitrogen functional groups attached to an aromatic ring is 1. The molecule has 19 heavy (non-hydrogen) atoms. The van der Waals surface area contributed by atoms with Crippen LogP contribution < -0.4 is 5.73 Å². The molecule has 1 aromatic carbocycles. The number of hydrogen-bond donors (Lipinski definition) is 1. The lowest BCUT2D eigenvalue weighted by molar-refractivity contribution is 0.385. The predicted molar refractivity (Wildman–Crippen MR) is 77.2 cm³/mol. The number of halogens is 1. The van der Waals surface area contributed by atoms with Gasteiger partial charge in [0.2, 0.25) is 0 Å². The summed E-state index contributed by atoms with van der Waals surface area (Å²) in [7, 11) is 0. The van der Waals surface area contributed by atoms with E-state index >= 15 is 0 Å². The van der Waals surface area contributed by atoms with E-state index in [9.17, 15) is 0 Å². The molecule has 1 aliphatic rings. The quantitative estimate of drug-likeness (QED) is 0.850. The second kappa shape index (κ2) is 6.06. The fraction of sp³-hybridized carbons (Fsp3) is 0.429. The molecule has 1 aromatic heterocycles. The van der Waals surface area contributed by atoms with Gasteiger partial charge in [0, 0.05) is 17.2 Å². The van der Waals surface area contributed by atoms with E-state index in [-0.39, 0.29) is 12.4 Å². The number of nitrogens with two attached hydrogens (primary N) is 1. The van der Waals surface area contributed by atoms with Gasteiger partial charge >= 0.3 is 0 Å². The predicted octanol–water partition coefficient (Wildman–Crippen LogP) is 3.79. The minimum absolute atomic E-state index is 0. The number of aromatic nitrogens is 2. The average molecular weight is 280 g/mol. The second-order valence-electron chi connectivity index (χ2n) is 4.92. The molecule has 1 heterocycles. The maximum Gasteiger partial charge on any atom is 0.258 e. The molecular weight excluding hydrogens is 262 g/mol. The van der Waals surface area contributed by atoms with Crippen molar-refractivity contribution in [2.24, 2.45) is 0 Å². The average Bonchev–Trinajstić information content (AvgIpc) is 2.89. The van der Waals surface area contributed by atoms with Crippen molar-refractivity contribution in [2.45, 2.75) is 38.0 Å². The molecule has 1 saturated carbocycles. The highest BCUT2D eigenvalue weighted by atomic mass is 35.5. The molecule has 0 atom stereocenters. The van der Waals surface area contributed by atoms with E-state index in [4.69, 9.17) is 10.3 Å². The Hall–Kier alpha value is -1.55. The lowest BCUT2D eigenvalue weighted by atomic mass is 9.89. The van der Waals surface area contributed by atoms with Crippen LogP contribution in [0.5, 0.6) is 0 Å². The molecule has 0 radical (unpaired) electrons.